The van der Waals surface area contributed by atoms with Crippen LogP contribution in [0.3, 0.4) is 0 Å². The largest absolute Gasteiger partial charge is 0.489 e. The molecule has 61 heavy (non-hydrogen) atoms. The van der Waals surface area contributed by atoms with Gasteiger partial charge in [-0.2, -0.15) is 5.26 Å². The first-order valence-corrected chi connectivity index (χ1v) is 21.4. The number of rotatable bonds is 23. The quantitative estimate of drug-likeness (QED) is 0.0511. The second-order valence-electron chi connectivity index (χ2n) is 15.6. The third-order valence-electron chi connectivity index (χ3n) is 11.9. The predicted molar refractivity (Wildman–Crippen MR) is 227 cm³/mol. The number of carbonyl (C=O) groups is 1. The number of allylic oxidation sites excluding steroid dienone is 1. The Morgan fingerprint density at radius 1 is 1.03 bits per heavy atom. The van der Waals surface area contributed by atoms with Crippen molar-refractivity contribution in [1.82, 2.24) is 4.90 Å². The Bertz CT molecular complexity index is 2030. The molecule has 3 N–H and O–H groups in total. The standard InChI is InChI=1S/C48H58FN3O9/c1-3-25-59-48-44(52(21-26-57-27-24-55)47(56)34-17-15-33(31-50)16-18-34)30-42(51-60-4-2)39-28-35(11-7-9-22-53)38(13-8-10-23-54)45(46(39)48)40-29-37(19-20-43(40)61-48)58-32-36-12-5-6-14-41(36)49/h3,5-6,12,14-20,28-29,35,38,44-46,53-55H,1,4,7-11,13,21-27,30,32H2,2H3/t35-,38+,44-,45+,46+,48+/m0/s1. The van der Waals surface area contributed by atoms with Gasteiger partial charge in [0.15, 0.2) is 0 Å². The fraction of sp³-hybridized carbons (Fsp3) is 0.479. The molecule has 1 aliphatic heterocycles. The van der Waals surface area contributed by atoms with Crippen LogP contribution in [0.1, 0.15) is 84.8 Å². The summed E-state index contributed by atoms with van der Waals surface area (Å²) in [6.07, 6.45) is 8.44. The molecule has 0 spiro atoms. The van der Waals surface area contributed by atoms with E-state index in [-0.39, 0.29) is 88.7 Å². The van der Waals surface area contributed by atoms with Crippen LogP contribution in [0.25, 0.3) is 0 Å². The van der Waals surface area contributed by atoms with Crippen molar-refractivity contribution in [2.24, 2.45) is 22.9 Å². The molecule has 1 heterocycles. The molecule has 3 aromatic rings. The van der Waals surface area contributed by atoms with Gasteiger partial charge in [0.1, 0.15) is 36.6 Å². The smallest absolute Gasteiger partial charge is 0.254 e. The molecule has 0 bridgehead atoms. The lowest BCUT2D eigenvalue weighted by Gasteiger charge is -2.60. The zero-order chi connectivity index (χ0) is 43.2. The summed E-state index contributed by atoms with van der Waals surface area (Å²) in [6.45, 7) is 6.47. The summed E-state index contributed by atoms with van der Waals surface area (Å²) >= 11 is 0. The van der Waals surface area contributed by atoms with Crippen LogP contribution in [0.15, 0.2) is 96.2 Å². The van der Waals surface area contributed by atoms with Crippen LogP contribution >= 0.6 is 0 Å². The maximum absolute atomic E-state index is 14.9. The Hall–Kier alpha value is -5.10. The van der Waals surface area contributed by atoms with E-state index in [4.69, 9.17) is 28.9 Å². The van der Waals surface area contributed by atoms with Gasteiger partial charge >= 0.3 is 0 Å². The summed E-state index contributed by atoms with van der Waals surface area (Å²) in [6, 6.07) is 19.9. The Balaban J connectivity index is 1.57. The lowest BCUT2D eigenvalue weighted by Crippen LogP contribution is -2.70. The van der Waals surface area contributed by atoms with E-state index >= 15 is 0 Å². The Morgan fingerprint density at radius 2 is 1.80 bits per heavy atom. The van der Waals surface area contributed by atoms with E-state index in [1.54, 1.807) is 59.5 Å². The Labute approximate surface area is 357 Å². The molecule has 0 radical (unpaired) electrons. The minimum absolute atomic E-state index is 0.0136. The molecular formula is C48H58FN3O9. The van der Waals surface area contributed by atoms with E-state index in [9.17, 15) is 29.8 Å². The molecule has 3 aromatic carbocycles. The van der Waals surface area contributed by atoms with Gasteiger partial charge in [0, 0.05) is 48.8 Å². The highest BCUT2D eigenvalue weighted by atomic mass is 19.1. The maximum atomic E-state index is 14.9. The Morgan fingerprint density at radius 3 is 2.51 bits per heavy atom. The normalized spacial score (nSPS) is 23.2. The molecular weight excluding hydrogens is 782 g/mol. The molecule has 13 heteroatoms. The van der Waals surface area contributed by atoms with Gasteiger partial charge in [-0.1, -0.05) is 48.3 Å². The second kappa shape index (κ2) is 22.1. The molecule has 0 unspecified atom stereocenters. The van der Waals surface area contributed by atoms with E-state index in [0.29, 0.717) is 53.3 Å². The molecule has 1 fully saturated rings. The number of aliphatic hydroxyl groups is 3. The van der Waals surface area contributed by atoms with Gasteiger partial charge < -0.3 is 44.0 Å². The minimum Gasteiger partial charge on any atom is -0.489 e. The number of carbonyl (C=O) groups excluding carboxylic acids is 1. The number of ether oxygens (including phenoxy) is 4. The number of nitrogens with zero attached hydrogens (tertiary/aromatic N) is 3. The van der Waals surface area contributed by atoms with Gasteiger partial charge in [0.2, 0.25) is 5.79 Å². The molecule has 12 nitrogen and oxygen atoms in total. The topological polar surface area (TPSA) is 163 Å². The molecule has 326 valence electrons. The number of aliphatic hydroxyl groups excluding tert-OH is 3. The molecule has 3 aliphatic rings. The van der Waals surface area contributed by atoms with E-state index in [2.05, 4.69) is 18.7 Å². The number of unbranched alkanes of at least 4 members (excludes halogenated alkanes) is 2. The third kappa shape index (κ3) is 10.3. The van der Waals surface area contributed by atoms with Gasteiger partial charge in [0.05, 0.1) is 49.7 Å². The number of hydrogen-bond acceptors (Lipinski definition) is 11. The van der Waals surface area contributed by atoms with Gasteiger partial charge in [-0.15, -0.1) is 6.58 Å². The fourth-order valence-electron chi connectivity index (χ4n) is 9.24. The van der Waals surface area contributed by atoms with Crippen LogP contribution in [-0.4, -0.2) is 96.5 Å². The van der Waals surface area contributed by atoms with Crippen molar-refractivity contribution in [3.05, 3.63) is 119 Å². The Kier molecular flexibility index (Phi) is 16.5. The summed E-state index contributed by atoms with van der Waals surface area (Å²) in [4.78, 5) is 22.5. The summed E-state index contributed by atoms with van der Waals surface area (Å²) in [7, 11) is 0. The van der Waals surface area contributed by atoms with Crippen molar-refractivity contribution >= 4 is 11.6 Å². The van der Waals surface area contributed by atoms with Crippen LogP contribution in [0.5, 0.6) is 11.5 Å². The second-order valence-corrected chi connectivity index (χ2v) is 15.6. The number of amides is 1. The SMILES string of the molecule is C=CCO[C@@]12Oc3ccc(OCc4ccccc4F)cc3[C@H]3[C@H](CCCCO)[C@@H](CCCCO)C=C(C(=NOCC)C[C@@H]1N(CCOCCO)C(=O)c1ccc(C#N)cc1)[C@H]32. The average Bonchev–Trinajstić information content (AvgIpc) is 3.28. The van der Waals surface area contributed by atoms with Crippen LogP contribution in [-0.2, 0) is 20.9 Å². The summed E-state index contributed by atoms with van der Waals surface area (Å²) in [5.41, 5.74) is 3.58. The highest BCUT2D eigenvalue weighted by molar-refractivity contribution is 6.03. The number of benzene rings is 3. The number of nitriles is 1. The highest BCUT2D eigenvalue weighted by Crippen LogP contribution is 2.62. The van der Waals surface area contributed by atoms with E-state index in [1.165, 1.54) is 6.07 Å². The van der Waals surface area contributed by atoms with Gasteiger partial charge in [-0.05, 0) is 98.5 Å². The van der Waals surface area contributed by atoms with E-state index in [1.807, 2.05) is 19.1 Å². The van der Waals surface area contributed by atoms with Crippen molar-refractivity contribution in [3.8, 4) is 17.6 Å². The number of halogens is 1. The van der Waals surface area contributed by atoms with Crippen molar-refractivity contribution in [1.29, 1.82) is 5.26 Å². The molecule has 0 saturated heterocycles. The monoisotopic (exact) mass is 839 g/mol. The molecule has 1 amide bonds. The zero-order valence-electron chi connectivity index (χ0n) is 34.9. The van der Waals surface area contributed by atoms with E-state index in [0.717, 1.165) is 36.8 Å². The first kappa shape index (κ1) is 45.4. The summed E-state index contributed by atoms with van der Waals surface area (Å²) in [5, 5.41) is 43.6. The molecule has 0 aromatic heterocycles. The van der Waals surface area contributed by atoms with Crippen LogP contribution in [0, 0.1) is 34.9 Å². The van der Waals surface area contributed by atoms with Crippen LogP contribution in [0.2, 0.25) is 0 Å². The first-order valence-electron chi connectivity index (χ1n) is 21.4. The van der Waals surface area contributed by atoms with Gasteiger partial charge in [0.25, 0.3) is 5.91 Å². The summed E-state index contributed by atoms with van der Waals surface area (Å²) in [5.74, 6) is -1.98. The lowest BCUT2D eigenvalue weighted by molar-refractivity contribution is -0.254. The fourth-order valence-corrected chi connectivity index (χ4v) is 9.24. The lowest BCUT2D eigenvalue weighted by atomic mass is 9.55. The van der Waals surface area contributed by atoms with Crippen molar-refractivity contribution < 1.29 is 48.3 Å². The number of fused-ring (bicyclic) bond motifs is 2. The third-order valence-corrected chi connectivity index (χ3v) is 11.9. The average molecular weight is 840 g/mol. The molecule has 6 atom stereocenters. The minimum atomic E-state index is -1.51. The maximum Gasteiger partial charge on any atom is 0.254 e. The van der Waals surface area contributed by atoms with E-state index < -0.39 is 17.7 Å². The van der Waals surface area contributed by atoms with Crippen LogP contribution < -0.4 is 9.47 Å². The van der Waals surface area contributed by atoms with Crippen molar-refractivity contribution in [3.63, 3.8) is 0 Å². The summed E-state index contributed by atoms with van der Waals surface area (Å²) < 4.78 is 41.1. The molecule has 1 saturated carbocycles. The van der Waals surface area contributed by atoms with Gasteiger partial charge in [-0.3, -0.25) is 4.79 Å². The predicted octanol–water partition coefficient (Wildman–Crippen LogP) is 7.08. The highest BCUT2D eigenvalue weighted by Gasteiger charge is 2.65. The first-order chi connectivity index (χ1) is 29.8. The molecule has 6 rings (SSSR count). The number of hydrogen-bond donors (Lipinski definition) is 3. The van der Waals surface area contributed by atoms with Crippen molar-refractivity contribution in [2.45, 2.75) is 76.2 Å². The number of oxime groups is 1. The van der Waals surface area contributed by atoms with Crippen molar-refractivity contribution in [2.75, 3.05) is 52.8 Å². The van der Waals surface area contributed by atoms with Crippen LogP contribution in [0.4, 0.5) is 4.39 Å². The molecule has 2 aliphatic carbocycles. The van der Waals surface area contributed by atoms with Gasteiger partial charge in [-0.25, -0.2) is 4.39 Å². The zero-order valence-corrected chi connectivity index (χ0v) is 34.9.